The van der Waals surface area contributed by atoms with E-state index in [9.17, 15) is 24.6 Å². The molecule has 0 unspecified atom stereocenters. The van der Waals surface area contributed by atoms with Gasteiger partial charge in [0, 0.05) is 53.9 Å². The Morgan fingerprint density at radius 1 is 1.10 bits per heavy atom. The van der Waals surface area contributed by atoms with E-state index in [0.717, 1.165) is 11.9 Å². The number of alkyl halides is 1. The van der Waals surface area contributed by atoms with E-state index in [4.69, 9.17) is 28.5 Å². The molecular weight excluding hydrogens is 814 g/mol. The Hall–Kier alpha value is -3.62. The van der Waals surface area contributed by atoms with Crippen LogP contribution in [0.3, 0.4) is 0 Å². The largest absolute Gasteiger partial charge is 0.457 e. The maximum absolute atomic E-state index is 16.9. The Morgan fingerprint density at radius 2 is 1.82 bits per heavy atom. The zero-order valence-electron chi connectivity index (χ0n) is 37.0. The average molecular weight is 876 g/mol. The summed E-state index contributed by atoms with van der Waals surface area (Å²) in [5.74, 6) is -6.09. The number of aliphatic hydroxyl groups excluding tert-OH is 1. The molecule has 2 N–H and O–H groups in total. The van der Waals surface area contributed by atoms with Crippen molar-refractivity contribution in [1.29, 1.82) is 0 Å². The number of aromatic nitrogens is 2. The molecule has 0 aliphatic carbocycles. The van der Waals surface area contributed by atoms with Crippen molar-refractivity contribution in [2.75, 3.05) is 27.3 Å². The number of cyclic esters (lactones) is 1. The van der Waals surface area contributed by atoms with Crippen LogP contribution >= 0.6 is 11.3 Å². The second-order valence-electron chi connectivity index (χ2n) is 17.4. The molecule has 0 radical (unpaired) electrons. The lowest BCUT2D eigenvalue weighted by Crippen LogP contribution is -2.61. The van der Waals surface area contributed by atoms with Gasteiger partial charge in [-0.3, -0.25) is 14.6 Å². The number of esters is 1. The molecule has 2 aromatic heterocycles. The number of ether oxygens (including phenoxy) is 5. The quantitative estimate of drug-likeness (QED) is 0.210. The van der Waals surface area contributed by atoms with Gasteiger partial charge in [-0.25, -0.2) is 19.2 Å². The number of oxime groups is 1. The van der Waals surface area contributed by atoms with Gasteiger partial charge in [-0.05, 0) is 73.0 Å². The number of Topliss-reactive ketones (excluding diaryl/α,β-unsaturated/α-hetero) is 1. The molecule has 61 heavy (non-hydrogen) atoms. The predicted molar refractivity (Wildman–Crippen MR) is 225 cm³/mol. The molecule has 338 valence electrons. The van der Waals surface area contributed by atoms with E-state index >= 15 is 4.39 Å². The fourth-order valence-corrected chi connectivity index (χ4v) is 9.41. The molecule has 1 amide bonds. The number of amides is 1. The number of pyridine rings is 1. The van der Waals surface area contributed by atoms with Gasteiger partial charge in [-0.1, -0.05) is 38.9 Å². The number of carbonyl (C=O) groups excluding carboxylic acids is 3. The number of carbonyl (C=O) groups is 3. The fourth-order valence-electron chi connectivity index (χ4n) is 8.79. The van der Waals surface area contributed by atoms with Gasteiger partial charge < -0.3 is 43.6 Å². The van der Waals surface area contributed by atoms with Crippen LogP contribution in [0.25, 0.3) is 10.7 Å². The Morgan fingerprint density at radius 3 is 2.43 bits per heavy atom. The Bertz CT molecular complexity index is 1890. The monoisotopic (exact) mass is 875 g/mol. The van der Waals surface area contributed by atoms with Crippen molar-refractivity contribution >= 4 is 40.4 Å². The number of fused-ring (bicyclic) bond motifs is 5. The lowest BCUT2D eigenvalue weighted by Gasteiger charge is -2.47. The summed E-state index contributed by atoms with van der Waals surface area (Å²) in [6.45, 7) is 13.1. The van der Waals surface area contributed by atoms with E-state index in [1.165, 1.54) is 32.1 Å². The highest BCUT2D eigenvalue weighted by Gasteiger charge is 2.56. The minimum Gasteiger partial charge on any atom is -0.457 e. The normalized spacial score (nSPS) is 38.4. The van der Waals surface area contributed by atoms with Crippen LogP contribution in [0.15, 0.2) is 40.1 Å². The van der Waals surface area contributed by atoms with Crippen LogP contribution in [0, 0.1) is 17.8 Å². The third-order valence-corrected chi connectivity index (χ3v) is 12.8. The van der Waals surface area contributed by atoms with Crippen LogP contribution in [-0.2, 0) is 49.5 Å². The van der Waals surface area contributed by atoms with E-state index in [2.05, 4.69) is 20.1 Å². The summed E-state index contributed by atoms with van der Waals surface area (Å²) in [6.07, 6.45) is -3.11. The predicted octanol–water partition coefficient (Wildman–Crippen LogP) is 4.73. The first kappa shape index (κ1) is 48.4. The number of rotatable bonds is 8. The number of thiazole rings is 1. The van der Waals surface area contributed by atoms with Crippen LogP contribution < -0.4 is 0 Å². The molecule has 5 heterocycles. The number of aliphatic hydroxyl groups is 2. The van der Waals surface area contributed by atoms with Crippen molar-refractivity contribution in [3.05, 3.63) is 35.5 Å². The number of aliphatic imine (C=N–C) groups is 1. The standard InChI is InChI=1S/C43H62FN5O11S/c1-12-32-43(9,54)37-25(4)33(47-27(6)50)23(2)18-41(7,56-22-29(21-55-37)48-57-20-28-13-14-30(46-19-28)38-45-15-16-61-38)36(26(5)35(52)42(8,44)40(53)59-32)60-39-34(51)31(49(10)11)17-24(3)58-39/h13-16,19,23-26,31-32,34,36-37,39,51,54H,12,17-18,20-22H2,1-11H3/b47-33?,48-29+/t23-,24-,25+,26+,31+,32-,34-,36-,37+,39+,41-,42+,43-/m1/s1. The first-order valence-corrected chi connectivity index (χ1v) is 21.7. The summed E-state index contributed by atoms with van der Waals surface area (Å²) >= 11 is 1.47. The van der Waals surface area contributed by atoms with Gasteiger partial charge >= 0.3 is 5.97 Å². The average Bonchev–Trinajstić information content (AvgIpc) is 3.74. The van der Waals surface area contributed by atoms with Crippen molar-refractivity contribution in [2.45, 2.75) is 148 Å². The minimum absolute atomic E-state index is 0.00559. The highest BCUT2D eigenvalue weighted by Crippen LogP contribution is 2.41. The van der Waals surface area contributed by atoms with Crippen molar-refractivity contribution in [3.8, 4) is 10.7 Å². The number of hydrogen-bond donors (Lipinski definition) is 2. The lowest BCUT2D eigenvalue weighted by molar-refractivity contribution is -0.296. The minimum atomic E-state index is -3.22. The Kier molecular flexibility index (Phi) is 15.7. The van der Waals surface area contributed by atoms with Gasteiger partial charge in [0.2, 0.25) is 5.91 Å². The Balaban J connectivity index is 1.65. The SMILES string of the molecule is CC[C@H]1OC(=O)[C@@](C)(F)C(=O)[C@H](C)[C@@H](O[C@@H]2O[C@H](C)C[C@H](N(C)C)[C@H]2O)[C@@]2(C)C[C@@H](C)C(=NC(C)=O)[C@H](C)[C@H](OC/C(=N\OCc3ccc(-c4nccs4)nc3)CO2)[C@]1(C)O. The maximum atomic E-state index is 16.9. The summed E-state index contributed by atoms with van der Waals surface area (Å²) in [6, 6.07) is 3.26. The molecule has 18 heteroatoms. The number of likely N-dealkylation sites (N-methyl/N-ethyl adjacent to an activating group) is 1. The molecular formula is C43H62FN5O11S. The van der Waals surface area contributed by atoms with Crippen molar-refractivity contribution in [2.24, 2.45) is 27.9 Å². The Labute approximate surface area is 361 Å². The summed E-state index contributed by atoms with van der Waals surface area (Å²) in [4.78, 5) is 62.0. The molecule has 3 saturated heterocycles. The number of hydrogen-bond acceptors (Lipinski definition) is 16. The molecule has 2 aromatic rings. The molecule has 3 aliphatic heterocycles. The van der Waals surface area contributed by atoms with Crippen molar-refractivity contribution in [1.82, 2.24) is 14.9 Å². The number of ketones is 1. The number of halogens is 1. The molecule has 0 aromatic carbocycles. The third kappa shape index (κ3) is 11.0. The van der Waals surface area contributed by atoms with Crippen LogP contribution in [0.1, 0.15) is 87.1 Å². The van der Waals surface area contributed by atoms with Crippen LogP contribution in [0.2, 0.25) is 0 Å². The summed E-state index contributed by atoms with van der Waals surface area (Å²) in [5, 5.41) is 31.1. The van der Waals surface area contributed by atoms with E-state index in [0.29, 0.717) is 23.4 Å². The topological polar surface area (TPSA) is 201 Å². The summed E-state index contributed by atoms with van der Waals surface area (Å²) in [7, 11) is 3.63. The molecule has 0 spiro atoms. The first-order valence-electron chi connectivity index (χ1n) is 20.8. The van der Waals surface area contributed by atoms with Crippen molar-refractivity contribution < 1.29 is 57.5 Å². The maximum Gasteiger partial charge on any atom is 0.351 e. The third-order valence-electron chi connectivity index (χ3n) is 12.0. The highest BCUT2D eigenvalue weighted by atomic mass is 32.1. The van der Waals surface area contributed by atoms with Crippen molar-refractivity contribution in [3.63, 3.8) is 0 Å². The summed E-state index contributed by atoms with van der Waals surface area (Å²) in [5.41, 5.74) is -4.88. The van der Waals surface area contributed by atoms with E-state index in [1.54, 1.807) is 33.2 Å². The summed E-state index contributed by atoms with van der Waals surface area (Å²) < 4.78 is 48.8. The van der Waals surface area contributed by atoms with Gasteiger partial charge in [0.1, 0.15) is 35.1 Å². The van der Waals surface area contributed by atoms with Crippen LogP contribution in [0.4, 0.5) is 4.39 Å². The van der Waals surface area contributed by atoms with Crippen LogP contribution in [-0.4, -0.2) is 141 Å². The van der Waals surface area contributed by atoms with E-state index < -0.39 is 89.0 Å². The van der Waals surface area contributed by atoms with Gasteiger partial charge in [0.15, 0.2) is 12.1 Å². The molecule has 3 fully saturated rings. The van der Waals surface area contributed by atoms with Crippen LogP contribution in [0.5, 0.6) is 0 Å². The highest BCUT2D eigenvalue weighted by molar-refractivity contribution is 7.13. The van der Waals surface area contributed by atoms with Gasteiger partial charge in [0.05, 0.1) is 42.8 Å². The van der Waals surface area contributed by atoms with E-state index in [1.807, 2.05) is 50.4 Å². The molecule has 2 bridgehead atoms. The molecule has 3 aliphatic rings. The van der Waals surface area contributed by atoms with E-state index in [-0.39, 0.29) is 44.5 Å². The smallest absolute Gasteiger partial charge is 0.351 e. The van der Waals surface area contributed by atoms with Gasteiger partial charge in [0.25, 0.3) is 5.67 Å². The second kappa shape index (κ2) is 19.8. The molecule has 16 nitrogen and oxygen atoms in total. The lowest BCUT2D eigenvalue weighted by atomic mass is 9.73. The molecule has 5 rings (SSSR count). The zero-order chi connectivity index (χ0) is 45.0. The zero-order valence-corrected chi connectivity index (χ0v) is 37.8. The molecule has 0 saturated carbocycles. The first-order chi connectivity index (χ1) is 28.6. The van der Waals surface area contributed by atoms with Gasteiger partial charge in [-0.2, -0.15) is 0 Å². The second-order valence-corrected chi connectivity index (χ2v) is 18.3. The fraction of sp³-hybridized carbons (Fsp3) is 0.698. The molecule has 13 atom stereocenters. The number of nitrogens with zero attached hydrogens (tertiary/aromatic N) is 5. The van der Waals surface area contributed by atoms with Gasteiger partial charge in [-0.15, -0.1) is 11.3 Å².